The molecule has 0 unspecified atom stereocenters. The number of carbonyl (C=O) groups excluding carboxylic acids is 2. The van der Waals surface area contributed by atoms with Crippen LogP contribution in [0.15, 0.2) is 48.5 Å². The molecule has 128 valence electrons. The summed E-state index contributed by atoms with van der Waals surface area (Å²) in [4.78, 5) is 34.0. The number of carbonyl (C=O) groups is 2. The Morgan fingerprint density at radius 1 is 1.00 bits per heavy atom. The fourth-order valence-electron chi connectivity index (χ4n) is 2.18. The molecule has 1 aliphatic rings. The van der Waals surface area contributed by atoms with Crippen LogP contribution in [0, 0.1) is 10.1 Å². The van der Waals surface area contributed by atoms with Crippen molar-refractivity contribution in [2.24, 2.45) is 0 Å². The topological polar surface area (TPSA) is 113 Å². The lowest BCUT2D eigenvalue weighted by molar-refractivity contribution is -0.384. The van der Waals surface area contributed by atoms with Gasteiger partial charge in [-0.1, -0.05) is 6.07 Å². The molecule has 0 aliphatic heterocycles. The van der Waals surface area contributed by atoms with Crippen molar-refractivity contribution in [1.29, 1.82) is 0 Å². The molecule has 0 spiro atoms. The third kappa shape index (κ3) is 4.54. The van der Waals surface area contributed by atoms with Crippen molar-refractivity contribution in [2.45, 2.75) is 18.9 Å². The van der Waals surface area contributed by atoms with Crippen LogP contribution in [0.1, 0.15) is 23.2 Å². The first-order chi connectivity index (χ1) is 12.0. The molecule has 2 aromatic rings. The van der Waals surface area contributed by atoms with E-state index < -0.39 is 10.8 Å². The maximum absolute atomic E-state index is 12.2. The van der Waals surface area contributed by atoms with Gasteiger partial charge in [0.1, 0.15) is 0 Å². The van der Waals surface area contributed by atoms with Crippen molar-refractivity contribution >= 4 is 29.0 Å². The van der Waals surface area contributed by atoms with E-state index in [2.05, 4.69) is 16.0 Å². The Hall–Kier alpha value is -3.42. The summed E-state index contributed by atoms with van der Waals surface area (Å²) in [5, 5.41) is 18.9. The first-order valence-corrected chi connectivity index (χ1v) is 7.74. The van der Waals surface area contributed by atoms with E-state index in [0.29, 0.717) is 11.4 Å². The zero-order valence-electron chi connectivity index (χ0n) is 13.2. The van der Waals surface area contributed by atoms with Gasteiger partial charge in [0.25, 0.3) is 11.6 Å². The number of nitro groups is 1. The Balaban J connectivity index is 1.60. The molecule has 25 heavy (non-hydrogen) atoms. The molecule has 3 rings (SSSR count). The van der Waals surface area contributed by atoms with E-state index in [1.54, 1.807) is 24.3 Å². The minimum absolute atomic E-state index is 0.145. The van der Waals surface area contributed by atoms with Gasteiger partial charge in [0.15, 0.2) is 0 Å². The minimum Gasteiger partial charge on any atom is -0.335 e. The summed E-state index contributed by atoms with van der Waals surface area (Å²) >= 11 is 0. The number of nitro benzene ring substituents is 1. The SMILES string of the molecule is O=C(Nc1ccc(NC(=O)c2cccc([N+](=O)[O-])c2)cc1)NC1CC1. The van der Waals surface area contributed by atoms with E-state index in [0.717, 1.165) is 12.8 Å². The van der Waals surface area contributed by atoms with Gasteiger partial charge in [0, 0.05) is 35.1 Å². The fourth-order valence-corrected chi connectivity index (χ4v) is 2.18. The smallest absolute Gasteiger partial charge is 0.319 e. The molecule has 0 aromatic heterocycles. The fraction of sp³-hybridized carbons (Fsp3) is 0.176. The molecule has 3 N–H and O–H groups in total. The van der Waals surface area contributed by atoms with Gasteiger partial charge in [-0.05, 0) is 43.2 Å². The molecule has 2 aromatic carbocycles. The van der Waals surface area contributed by atoms with Crippen LogP contribution < -0.4 is 16.0 Å². The summed E-state index contributed by atoms with van der Waals surface area (Å²) in [6, 6.07) is 12.1. The Kier molecular flexibility index (Phi) is 4.60. The lowest BCUT2D eigenvalue weighted by Crippen LogP contribution is -2.30. The first kappa shape index (κ1) is 16.4. The van der Waals surface area contributed by atoms with Crippen LogP contribution in [0.5, 0.6) is 0 Å². The second-order valence-corrected chi connectivity index (χ2v) is 5.71. The molecule has 1 saturated carbocycles. The zero-order chi connectivity index (χ0) is 17.8. The van der Waals surface area contributed by atoms with Crippen LogP contribution in [-0.2, 0) is 0 Å². The monoisotopic (exact) mass is 340 g/mol. The predicted molar refractivity (Wildman–Crippen MR) is 92.7 cm³/mol. The molecule has 8 heteroatoms. The number of urea groups is 1. The van der Waals surface area contributed by atoms with Crippen LogP contribution >= 0.6 is 0 Å². The van der Waals surface area contributed by atoms with E-state index in [9.17, 15) is 19.7 Å². The lowest BCUT2D eigenvalue weighted by atomic mass is 10.2. The van der Waals surface area contributed by atoms with Gasteiger partial charge in [-0.3, -0.25) is 14.9 Å². The van der Waals surface area contributed by atoms with E-state index in [4.69, 9.17) is 0 Å². The zero-order valence-corrected chi connectivity index (χ0v) is 13.2. The molecular weight excluding hydrogens is 324 g/mol. The first-order valence-electron chi connectivity index (χ1n) is 7.74. The highest BCUT2D eigenvalue weighted by molar-refractivity contribution is 6.04. The number of nitrogens with one attached hydrogen (secondary N) is 3. The highest BCUT2D eigenvalue weighted by Gasteiger charge is 2.23. The second-order valence-electron chi connectivity index (χ2n) is 5.71. The molecular formula is C17H16N4O4. The molecule has 8 nitrogen and oxygen atoms in total. The summed E-state index contributed by atoms with van der Waals surface area (Å²) < 4.78 is 0. The van der Waals surface area contributed by atoms with Gasteiger partial charge in [0.05, 0.1) is 4.92 Å². The summed E-state index contributed by atoms with van der Waals surface area (Å²) in [6.07, 6.45) is 2.02. The lowest BCUT2D eigenvalue weighted by Gasteiger charge is -2.08. The maximum atomic E-state index is 12.2. The quantitative estimate of drug-likeness (QED) is 0.573. The Morgan fingerprint density at radius 3 is 2.24 bits per heavy atom. The Bertz CT molecular complexity index is 816. The average Bonchev–Trinajstić information content (AvgIpc) is 3.40. The second kappa shape index (κ2) is 7.00. The van der Waals surface area contributed by atoms with Gasteiger partial charge < -0.3 is 16.0 Å². The number of amides is 3. The highest BCUT2D eigenvalue weighted by Crippen LogP contribution is 2.20. The van der Waals surface area contributed by atoms with E-state index in [-0.39, 0.29) is 23.3 Å². The number of non-ortho nitro benzene ring substituents is 1. The van der Waals surface area contributed by atoms with Crippen LogP contribution in [0.2, 0.25) is 0 Å². The average molecular weight is 340 g/mol. The van der Waals surface area contributed by atoms with Crippen LogP contribution in [0.3, 0.4) is 0 Å². The highest BCUT2D eigenvalue weighted by atomic mass is 16.6. The van der Waals surface area contributed by atoms with Crippen molar-refractivity contribution in [3.05, 3.63) is 64.2 Å². The maximum Gasteiger partial charge on any atom is 0.319 e. The molecule has 0 radical (unpaired) electrons. The van der Waals surface area contributed by atoms with Crippen LogP contribution in [0.25, 0.3) is 0 Å². The molecule has 0 atom stereocenters. The van der Waals surface area contributed by atoms with Crippen molar-refractivity contribution in [1.82, 2.24) is 5.32 Å². The minimum atomic E-state index is -0.552. The predicted octanol–water partition coefficient (Wildman–Crippen LogP) is 3.13. The number of hydrogen-bond acceptors (Lipinski definition) is 4. The van der Waals surface area contributed by atoms with E-state index >= 15 is 0 Å². The van der Waals surface area contributed by atoms with Gasteiger partial charge in [-0.15, -0.1) is 0 Å². The molecule has 3 amide bonds. The number of nitrogens with zero attached hydrogens (tertiary/aromatic N) is 1. The number of hydrogen-bond donors (Lipinski definition) is 3. The molecule has 0 saturated heterocycles. The molecule has 1 fully saturated rings. The van der Waals surface area contributed by atoms with Crippen molar-refractivity contribution in [3.63, 3.8) is 0 Å². The number of anilines is 2. The van der Waals surface area contributed by atoms with Gasteiger partial charge >= 0.3 is 6.03 Å². The standard InChI is InChI=1S/C17H16N4O4/c22-16(11-2-1-3-15(10-11)21(24)25)18-12-4-6-13(7-5-12)19-17(23)20-14-8-9-14/h1-7,10,14H,8-9H2,(H,18,22)(H2,19,20,23). The number of benzene rings is 2. The van der Waals surface area contributed by atoms with Crippen LogP contribution in [0.4, 0.5) is 21.9 Å². The third-order valence-electron chi connectivity index (χ3n) is 3.63. The van der Waals surface area contributed by atoms with Crippen molar-refractivity contribution in [3.8, 4) is 0 Å². The van der Waals surface area contributed by atoms with E-state index in [1.165, 1.54) is 24.3 Å². The van der Waals surface area contributed by atoms with Crippen molar-refractivity contribution < 1.29 is 14.5 Å². The number of rotatable bonds is 5. The Morgan fingerprint density at radius 2 is 1.64 bits per heavy atom. The van der Waals surface area contributed by atoms with E-state index in [1.807, 2.05) is 0 Å². The molecule has 0 bridgehead atoms. The molecule has 0 heterocycles. The third-order valence-corrected chi connectivity index (χ3v) is 3.63. The van der Waals surface area contributed by atoms with Crippen molar-refractivity contribution in [2.75, 3.05) is 10.6 Å². The summed E-state index contributed by atoms with van der Waals surface area (Å²) in [5.74, 6) is -0.448. The molecule has 1 aliphatic carbocycles. The normalized spacial score (nSPS) is 13.0. The van der Waals surface area contributed by atoms with Gasteiger partial charge in [0.2, 0.25) is 0 Å². The summed E-state index contributed by atoms with van der Waals surface area (Å²) in [7, 11) is 0. The van der Waals surface area contributed by atoms with Gasteiger partial charge in [-0.25, -0.2) is 4.79 Å². The largest absolute Gasteiger partial charge is 0.335 e. The summed E-state index contributed by atoms with van der Waals surface area (Å²) in [6.45, 7) is 0. The summed E-state index contributed by atoms with van der Waals surface area (Å²) in [5.41, 5.74) is 1.17. The van der Waals surface area contributed by atoms with Gasteiger partial charge in [-0.2, -0.15) is 0 Å². The Labute approximate surface area is 143 Å². The van der Waals surface area contributed by atoms with Crippen LogP contribution in [-0.4, -0.2) is 22.9 Å².